The fourth-order valence-corrected chi connectivity index (χ4v) is 4.56. The van der Waals surface area contributed by atoms with Gasteiger partial charge in [0, 0.05) is 6.54 Å². The van der Waals surface area contributed by atoms with E-state index < -0.39 is 17.8 Å². The summed E-state index contributed by atoms with van der Waals surface area (Å²) in [4.78, 5) is 27.1. The number of rotatable bonds is 8. The van der Waals surface area contributed by atoms with Gasteiger partial charge in [0.15, 0.2) is 11.5 Å². The Labute approximate surface area is 196 Å². The van der Waals surface area contributed by atoms with Crippen LogP contribution in [0.1, 0.15) is 79.2 Å². The van der Waals surface area contributed by atoms with Crippen LogP contribution in [0.15, 0.2) is 24.3 Å². The monoisotopic (exact) mass is 472 g/mol. The van der Waals surface area contributed by atoms with Gasteiger partial charge >= 0.3 is 6.18 Å². The number of ketones is 1. The zero-order chi connectivity index (χ0) is 24.6. The summed E-state index contributed by atoms with van der Waals surface area (Å²) >= 11 is 0. The van der Waals surface area contributed by atoms with Crippen LogP contribution in [0.5, 0.6) is 0 Å². The molecule has 4 rings (SSSR count). The van der Waals surface area contributed by atoms with Crippen LogP contribution >= 0.6 is 0 Å². The minimum absolute atomic E-state index is 0.0198. The molecule has 2 saturated carbocycles. The maximum atomic E-state index is 13.8. The van der Waals surface area contributed by atoms with Crippen LogP contribution in [0.3, 0.4) is 0 Å². The van der Waals surface area contributed by atoms with Crippen LogP contribution in [0.25, 0.3) is 5.52 Å². The maximum absolute atomic E-state index is 13.8. The zero-order valence-corrected chi connectivity index (χ0v) is 19.2. The van der Waals surface area contributed by atoms with Gasteiger partial charge in [0.05, 0.1) is 12.1 Å². The van der Waals surface area contributed by atoms with Gasteiger partial charge in [0.2, 0.25) is 0 Å². The molecule has 2 aliphatic carbocycles. The lowest BCUT2D eigenvalue weighted by atomic mass is 9.76. The highest BCUT2D eigenvalue weighted by molar-refractivity contribution is 6.01. The van der Waals surface area contributed by atoms with Crippen molar-refractivity contribution in [1.29, 1.82) is 5.26 Å². The van der Waals surface area contributed by atoms with Crippen molar-refractivity contribution in [2.75, 3.05) is 13.1 Å². The fourth-order valence-electron chi connectivity index (χ4n) is 4.56. The molecule has 2 aliphatic rings. The van der Waals surface area contributed by atoms with E-state index in [0.29, 0.717) is 28.3 Å². The Morgan fingerprint density at radius 1 is 1.29 bits per heavy atom. The predicted octanol–water partition coefficient (Wildman–Crippen LogP) is 5.13. The van der Waals surface area contributed by atoms with E-state index in [4.69, 9.17) is 0 Å². The number of carbonyl (C=O) groups is 2. The van der Waals surface area contributed by atoms with Gasteiger partial charge in [-0.3, -0.25) is 9.59 Å². The first-order chi connectivity index (χ1) is 16.1. The van der Waals surface area contributed by atoms with Crippen molar-refractivity contribution in [3.63, 3.8) is 0 Å². The number of alkyl halides is 3. The molecule has 0 bridgehead atoms. The third-order valence-corrected chi connectivity index (χ3v) is 6.50. The molecule has 180 valence electrons. The minimum Gasteiger partial charge on any atom is -0.330 e. The van der Waals surface area contributed by atoms with Crippen molar-refractivity contribution >= 4 is 17.2 Å². The highest BCUT2D eigenvalue weighted by Crippen LogP contribution is 2.43. The molecule has 6 nitrogen and oxygen atoms in total. The van der Waals surface area contributed by atoms with Crippen LogP contribution in [0.4, 0.5) is 13.2 Å². The number of pyridine rings is 1. The van der Waals surface area contributed by atoms with Crippen LogP contribution in [-0.2, 0) is 11.0 Å². The van der Waals surface area contributed by atoms with E-state index in [-0.39, 0.29) is 41.6 Å². The summed E-state index contributed by atoms with van der Waals surface area (Å²) in [7, 11) is 0. The summed E-state index contributed by atoms with van der Waals surface area (Å²) in [6.45, 7) is 3.98. The standard InChI is InChI=1S/C25H27F3N4O2/c1-3-8-31(14-19(33)7-4-16-9-15(2)10-16)24(34)23-20(13-29)21-11-18(17-5-6-17)12-22(25(26,27)28)32(21)30-23/h4,7,11-12,15-17H,3,5-6,8-10,14H2,1-2H3. The summed E-state index contributed by atoms with van der Waals surface area (Å²) < 4.78 is 42.0. The molecule has 0 atom stereocenters. The average molecular weight is 473 g/mol. The second-order valence-electron chi connectivity index (χ2n) is 9.47. The molecule has 2 aromatic heterocycles. The highest BCUT2D eigenvalue weighted by atomic mass is 19.4. The topological polar surface area (TPSA) is 78.5 Å². The first-order valence-electron chi connectivity index (χ1n) is 11.7. The van der Waals surface area contributed by atoms with Crippen molar-refractivity contribution in [3.05, 3.63) is 46.8 Å². The van der Waals surface area contributed by atoms with Gasteiger partial charge in [-0.1, -0.05) is 19.9 Å². The maximum Gasteiger partial charge on any atom is 0.433 e. The number of aromatic nitrogens is 2. The summed E-state index contributed by atoms with van der Waals surface area (Å²) in [5.41, 5.74) is -1.13. The van der Waals surface area contributed by atoms with E-state index in [1.807, 2.05) is 19.1 Å². The summed E-state index contributed by atoms with van der Waals surface area (Å²) in [5, 5.41) is 13.7. The van der Waals surface area contributed by atoms with E-state index in [1.54, 1.807) is 0 Å². The predicted molar refractivity (Wildman–Crippen MR) is 119 cm³/mol. The normalized spacial score (nSPS) is 20.4. The molecule has 0 saturated heterocycles. The highest BCUT2D eigenvalue weighted by Gasteiger charge is 2.38. The number of fused-ring (bicyclic) bond motifs is 1. The van der Waals surface area contributed by atoms with Crippen LogP contribution in [0.2, 0.25) is 0 Å². The molecule has 2 fully saturated rings. The molecule has 0 spiro atoms. The van der Waals surface area contributed by atoms with Crippen molar-refractivity contribution < 1.29 is 22.8 Å². The van der Waals surface area contributed by atoms with Crippen LogP contribution in [0, 0.1) is 23.2 Å². The Kier molecular flexibility index (Phi) is 6.52. The average Bonchev–Trinajstić information content (AvgIpc) is 3.54. The van der Waals surface area contributed by atoms with Gasteiger partial charge in [-0.25, -0.2) is 4.52 Å². The number of nitrogens with zero attached hydrogens (tertiary/aromatic N) is 4. The van der Waals surface area contributed by atoms with Gasteiger partial charge in [-0.05, 0) is 73.6 Å². The molecule has 1 amide bonds. The SMILES string of the molecule is CCCN(CC(=O)C=CC1CC(C)C1)C(=O)c1nn2c(C(F)(F)F)cc(C3CC3)cc2c1C#N. The molecule has 9 heteroatoms. The summed E-state index contributed by atoms with van der Waals surface area (Å²) in [6, 6.07) is 4.45. The minimum atomic E-state index is -4.70. The molecule has 2 heterocycles. The third kappa shape index (κ3) is 4.86. The molecular weight excluding hydrogens is 445 g/mol. The number of nitriles is 1. The molecule has 2 aromatic rings. The lowest BCUT2D eigenvalue weighted by Gasteiger charge is -2.30. The Morgan fingerprint density at radius 2 is 2.00 bits per heavy atom. The van der Waals surface area contributed by atoms with Gasteiger partial charge in [-0.15, -0.1) is 0 Å². The van der Waals surface area contributed by atoms with Crippen LogP contribution in [-0.4, -0.2) is 39.3 Å². The number of allylic oxidation sites excluding steroid dienone is 1. The number of carbonyl (C=O) groups excluding carboxylic acids is 2. The van der Waals surface area contributed by atoms with Gasteiger partial charge in [-0.2, -0.15) is 23.5 Å². The Hall–Kier alpha value is -3.15. The second kappa shape index (κ2) is 9.24. The molecule has 0 aliphatic heterocycles. The Bertz CT molecular complexity index is 1180. The van der Waals surface area contributed by atoms with Crippen molar-refractivity contribution in [2.45, 2.75) is 58.0 Å². The second-order valence-corrected chi connectivity index (χ2v) is 9.47. The lowest BCUT2D eigenvalue weighted by Crippen LogP contribution is -2.36. The van der Waals surface area contributed by atoms with E-state index in [0.717, 1.165) is 31.7 Å². The number of hydrogen-bond donors (Lipinski definition) is 0. The molecule has 34 heavy (non-hydrogen) atoms. The largest absolute Gasteiger partial charge is 0.433 e. The van der Waals surface area contributed by atoms with Gasteiger partial charge in [0.25, 0.3) is 5.91 Å². The fraction of sp³-hybridized carbons (Fsp3) is 0.520. The van der Waals surface area contributed by atoms with Gasteiger partial charge < -0.3 is 4.90 Å². The number of halogens is 3. The summed E-state index contributed by atoms with van der Waals surface area (Å²) in [6.07, 6.45) is 2.80. The van der Waals surface area contributed by atoms with Crippen molar-refractivity contribution in [2.24, 2.45) is 11.8 Å². The zero-order valence-electron chi connectivity index (χ0n) is 19.2. The Balaban J connectivity index is 1.67. The molecular formula is C25H27F3N4O2. The third-order valence-electron chi connectivity index (χ3n) is 6.50. The molecule has 0 aromatic carbocycles. The van der Waals surface area contributed by atoms with Gasteiger partial charge in [0.1, 0.15) is 17.3 Å². The molecule has 0 unspecified atom stereocenters. The van der Waals surface area contributed by atoms with E-state index in [1.165, 1.54) is 17.0 Å². The Morgan fingerprint density at radius 3 is 2.56 bits per heavy atom. The molecule has 0 radical (unpaired) electrons. The number of amides is 1. The van der Waals surface area contributed by atoms with Crippen molar-refractivity contribution in [3.8, 4) is 6.07 Å². The number of hydrogen-bond acceptors (Lipinski definition) is 4. The van der Waals surface area contributed by atoms with Crippen molar-refractivity contribution in [1.82, 2.24) is 14.5 Å². The first-order valence-corrected chi connectivity index (χ1v) is 11.7. The quantitative estimate of drug-likeness (QED) is 0.499. The first kappa shape index (κ1) is 24.0. The van der Waals surface area contributed by atoms with E-state index in [9.17, 15) is 28.0 Å². The lowest BCUT2D eigenvalue weighted by molar-refractivity contribution is -0.142. The smallest absolute Gasteiger partial charge is 0.330 e. The van der Waals surface area contributed by atoms with E-state index in [2.05, 4.69) is 12.0 Å². The summed E-state index contributed by atoms with van der Waals surface area (Å²) in [5.74, 6) is 0.0351. The van der Waals surface area contributed by atoms with Crippen LogP contribution < -0.4 is 0 Å². The molecule has 0 N–H and O–H groups in total. The van der Waals surface area contributed by atoms with E-state index >= 15 is 0 Å².